The van der Waals surface area contributed by atoms with Gasteiger partial charge in [0, 0.05) is 12.3 Å². The van der Waals surface area contributed by atoms with Crippen LogP contribution in [0.15, 0.2) is 0 Å². The summed E-state index contributed by atoms with van der Waals surface area (Å²) < 4.78 is 0. The second-order valence-electron chi connectivity index (χ2n) is 5.09. The number of hydrogen-bond acceptors (Lipinski definition) is 2. The van der Waals surface area contributed by atoms with Crippen LogP contribution in [0.5, 0.6) is 0 Å². The van der Waals surface area contributed by atoms with Gasteiger partial charge >= 0.3 is 0 Å². The van der Waals surface area contributed by atoms with Crippen molar-refractivity contribution < 1.29 is 0 Å². The SMILES string of the molecule is CCCCCCCCCCCCNC(C)C=N. The molecule has 0 aliphatic carbocycles. The first-order valence-corrected chi connectivity index (χ1v) is 7.55. The number of unbranched alkanes of at least 4 members (excludes halogenated alkanes) is 9. The third-order valence-corrected chi connectivity index (χ3v) is 3.25. The van der Waals surface area contributed by atoms with Gasteiger partial charge in [0.15, 0.2) is 0 Å². The summed E-state index contributed by atoms with van der Waals surface area (Å²) in [6, 6.07) is 0.244. The lowest BCUT2D eigenvalue weighted by molar-refractivity contribution is 0.540. The molecule has 102 valence electrons. The predicted molar refractivity (Wildman–Crippen MR) is 78.1 cm³/mol. The summed E-state index contributed by atoms with van der Waals surface area (Å²) in [4.78, 5) is 0. The summed E-state index contributed by atoms with van der Waals surface area (Å²) in [7, 11) is 0. The lowest BCUT2D eigenvalue weighted by Gasteiger charge is -2.07. The molecule has 0 heterocycles. The smallest absolute Gasteiger partial charge is 0.0388 e. The minimum Gasteiger partial charge on any atom is -0.311 e. The van der Waals surface area contributed by atoms with Crippen LogP contribution in [0.25, 0.3) is 0 Å². The van der Waals surface area contributed by atoms with Gasteiger partial charge in [0.1, 0.15) is 0 Å². The summed E-state index contributed by atoms with van der Waals surface area (Å²) in [5.41, 5.74) is 0. The minimum atomic E-state index is 0.244. The van der Waals surface area contributed by atoms with E-state index in [-0.39, 0.29) is 6.04 Å². The quantitative estimate of drug-likeness (QED) is 0.360. The van der Waals surface area contributed by atoms with Gasteiger partial charge in [-0.3, -0.25) is 0 Å². The summed E-state index contributed by atoms with van der Waals surface area (Å²) in [6.07, 6.45) is 15.3. The largest absolute Gasteiger partial charge is 0.311 e. The van der Waals surface area contributed by atoms with Gasteiger partial charge in [0.25, 0.3) is 0 Å². The molecular weight excluding hydrogens is 208 g/mol. The molecule has 0 aromatic heterocycles. The van der Waals surface area contributed by atoms with Crippen LogP contribution < -0.4 is 5.32 Å². The first-order chi connectivity index (χ1) is 8.31. The molecule has 17 heavy (non-hydrogen) atoms. The first kappa shape index (κ1) is 16.6. The lowest BCUT2D eigenvalue weighted by atomic mass is 10.1. The van der Waals surface area contributed by atoms with Crippen molar-refractivity contribution in [3.8, 4) is 0 Å². The molecule has 0 aromatic rings. The van der Waals surface area contributed by atoms with Crippen LogP contribution in [0.1, 0.15) is 78.1 Å². The molecule has 2 heteroatoms. The van der Waals surface area contributed by atoms with Gasteiger partial charge in [-0.05, 0) is 19.9 Å². The highest BCUT2D eigenvalue weighted by Crippen LogP contribution is 2.10. The van der Waals surface area contributed by atoms with Crippen molar-refractivity contribution in [1.29, 1.82) is 5.41 Å². The maximum absolute atomic E-state index is 7.06. The van der Waals surface area contributed by atoms with Crippen LogP contribution >= 0.6 is 0 Å². The molecule has 0 fully saturated rings. The Morgan fingerprint density at radius 3 is 1.82 bits per heavy atom. The third kappa shape index (κ3) is 13.6. The topological polar surface area (TPSA) is 35.9 Å². The molecule has 0 rings (SSSR count). The number of nitrogens with one attached hydrogen (secondary N) is 2. The van der Waals surface area contributed by atoms with Gasteiger partial charge in [-0.15, -0.1) is 0 Å². The Balaban J connectivity index is 2.96. The van der Waals surface area contributed by atoms with E-state index in [9.17, 15) is 0 Å². The molecule has 0 aromatic carbocycles. The van der Waals surface area contributed by atoms with E-state index in [1.165, 1.54) is 70.4 Å². The fourth-order valence-electron chi connectivity index (χ4n) is 2.00. The fraction of sp³-hybridized carbons (Fsp3) is 0.933. The Bertz CT molecular complexity index is 157. The molecule has 1 unspecified atom stereocenters. The molecule has 0 amide bonds. The highest BCUT2D eigenvalue weighted by Gasteiger charge is 1.95. The Morgan fingerprint density at radius 1 is 0.882 bits per heavy atom. The van der Waals surface area contributed by atoms with Crippen molar-refractivity contribution in [2.24, 2.45) is 0 Å². The van der Waals surface area contributed by atoms with E-state index in [1.807, 2.05) is 6.92 Å². The van der Waals surface area contributed by atoms with Crippen molar-refractivity contribution >= 4 is 6.21 Å². The van der Waals surface area contributed by atoms with E-state index in [4.69, 9.17) is 5.41 Å². The van der Waals surface area contributed by atoms with Crippen molar-refractivity contribution in [1.82, 2.24) is 5.32 Å². The Labute approximate surface area is 108 Å². The summed E-state index contributed by atoms with van der Waals surface area (Å²) in [5, 5.41) is 10.4. The average molecular weight is 240 g/mol. The Hall–Kier alpha value is -0.370. The average Bonchev–Trinajstić information content (AvgIpc) is 2.35. The molecule has 0 radical (unpaired) electrons. The van der Waals surface area contributed by atoms with Crippen molar-refractivity contribution in [3.63, 3.8) is 0 Å². The second kappa shape index (κ2) is 13.7. The summed E-state index contributed by atoms with van der Waals surface area (Å²) in [5.74, 6) is 0. The molecule has 0 saturated carbocycles. The molecule has 0 saturated heterocycles. The zero-order valence-corrected chi connectivity index (χ0v) is 11.9. The maximum atomic E-state index is 7.06. The van der Waals surface area contributed by atoms with Gasteiger partial charge < -0.3 is 10.7 Å². The molecule has 2 N–H and O–H groups in total. The highest BCUT2D eigenvalue weighted by atomic mass is 14.9. The van der Waals surface area contributed by atoms with Crippen LogP contribution in [0.2, 0.25) is 0 Å². The van der Waals surface area contributed by atoms with Crippen LogP contribution in [-0.4, -0.2) is 18.8 Å². The summed E-state index contributed by atoms with van der Waals surface area (Å²) in [6.45, 7) is 5.36. The monoisotopic (exact) mass is 240 g/mol. The third-order valence-electron chi connectivity index (χ3n) is 3.25. The van der Waals surface area contributed by atoms with Crippen LogP contribution in [-0.2, 0) is 0 Å². The molecule has 2 nitrogen and oxygen atoms in total. The van der Waals surface area contributed by atoms with Gasteiger partial charge in [-0.2, -0.15) is 0 Å². The van der Waals surface area contributed by atoms with E-state index in [1.54, 1.807) is 0 Å². The van der Waals surface area contributed by atoms with Crippen LogP contribution in [0.3, 0.4) is 0 Å². The highest BCUT2D eigenvalue weighted by molar-refractivity contribution is 5.59. The predicted octanol–water partition coefficient (Wildman–Crippen LogP) is 4.53. The van der Waals surface area contributed by atoms with E-state index >= 15 is 0 Å². The normalized spacial score (nSPS) is 12.6. The summed E-state index contributed by atoms with van der Waals surface area (Å²) >= 11 is 0. The lowest BCUT2D eigenvalue weighted by Crippen LogP contribution is -2.27. The Kier molecular flexibility index (Phi) is 13.4. The Morgan fingerprint density at radius 2 is 1.35 bits per heavy atom. The maximum Gasteiger partial charge on any atom is 0.0388 e. The molecule has 0 aliphatic rings. The van der Waals surface area contributed by atoms with Gasteiger partial charge in [-0.25, -0.2) is 0 Å². The van der Waals surface area contributed by atoms with Crippen molar-refractivity contribution in [2.75, 3.05) is 6.54 Å². The van der Waals surface area contributed by atoms with E-state index in [0.29, 0.717) is 0 Å². The van der Waals surface area contributed by atoms with E-state index in [2.05, 4.69) is 12.2 Å². The number of hydrogen-bond donors (Lipinski definition) is 2. The number of rotatable bonds is 13. The van der Waals surface area contributed by atoms with Gasteiger partial charge in [0.05, 0.1) is 0 Å². The standard InChI is InChI=1S/C15H32N2/c1-3-4-5-6-7-8-9-10-11-12-13-17-15(2)14-16/h14-17H,3-13H2,1-2H3. The molecule has 0 aliphatic heterocycles. The van der Waals surface area contributed by atoms with Crippen LogP contribution in [0, 0.1) is 5.41 Å². The van der Waals surface area contributed by atoms with Gasteiger partial charge in [0.2, 0.25) is 0 Å². The van der Waals surface area contributed by atoms with Crippen molar-refractivity contribution in [3.05, 3.63) is 0 Å². The molecular formula is C15H32N2. The van der Waals surface area contributed by atoms with E-state index < -0.39 is 0 Å². The zero-order chi connectivity index (χ0) is 12.8. The molecule has 0 spiro atoms. The second-order valence-corrected chi connectivity index (χ2v) is 5.09. The minimum absolute atomic E-state index is 0.244. The molecule has 1 atom stereocenters. The van der Waals surface area contributed by atoms with E-state index in [0.717, 1.165) is 6.54 Å². The first-order valence-electron chi connectivity index (χ1n) is 7.55. The molecule has 0 bridgehead atoms. The zero-order valence-electron chi connectivity index (χ0n) is 11.9. The van der Waals surface area contributed by atoms with Crippen LogP contribution in [0.4, 0.5) is 0 Å². The van der Waals surface area contributed by atoms with Crippen molar-refractivity contribution in [2.45, 2.75) is 84.1 Å². The fourth-order valence-corrected chi connectivity index (χ4v) is 2.00. The van der Waals surface area contributed by atoms with Gasteiger partial charge in [-0.1, -0.05) is 64.7 Å².